The Balaban J connectivity index is 2.73. The molecule has 2 rings (SSSR count). The molecule has 0 aliphatic heterocycles. The molecule has 0 bridgehead atoms. The molecule has 6 heteroatoms. The second kappa shape index (κ2) is 6.67. The maximum Gasteiger partial charge on any atom is 0.234 e. The van der Waals surface area contributed by atoms with Gasteiger partial charge in [-0.05, 0) is 24.6 Å². The van der Waals surface area contributed by atoms with Crippen LogP contribution in [0.4, 0.5) is 11.5 Å². The number of nitrogen functional groups attached to an aromatic ring is 1. The van der Waals surface area contributed by atoms with Crippen LogP contribution >= 0.6 is 0 Å². The first-order valence-corrected chi connectivity index (χ1v) is 7.07. The van der Waals surface area contributed by atoms with Gasteiger partial charge >= 0.3 is 0 Å². The lowest BCUT2D eigenvalue weighted by atomic mass is 9.96. The SMILES string of the molecule is CCOc1nc(N)c(C#N)c(-c2ccc(N(C)C)cc2)c1C#N. The van der Waals surface area contributed by atoms with Gasteiger partial charge in [-0.25, -0.2) is 0 Å². The van der Waals surface area contributed by atoms with Crippen molar-refractivity contribution < 1.29 is 4.74 Å². The number of ether oxygens (including phenoxy) is 1. The minimum absolute atomic E-state index is 0.0571. The van der Waals surface area contributed by atoms with E-state index in [1.54, 1.807) is 6.92 Å². The molecule has 1 aromatic carbocycles. The highest BCUT2D eigenvalue weighted by atomic mass is 16.5. The van der Waals surface area contributed by atoms with E-state index in [-0.39, 0.29) is 22.8 Å². The molecular formula is C17H17N5O. The van der Waals surface area contributed by atoms with E-state index in [1.165, 1.54) is 0 Å². The second-order valence-electron chi connectivity index (χ2n) is 5.03. The lowest BCUT2D eigenvalue weighted by molar-refractivity contribution is 0.326. The minimum Gasteiger partial charge on any atom is -0.477 e. The van der Waals surface area contributed by atoms with Crippen LogP contribution in [0.15, 0.2) is 24.3 Å². The first-order chi connectivity index (χ1) is 11.0. The van der Waals surface area contributed by atoms with Gasteiger partial charge in [0.15, 0.2) is 0 Å². The van der Waals surface area contributed by atoms with Gasteiger partial charge in [-0.2, -0.15) is 15.5 Å². The van der Waals surface area contributed by atoms with Gasteiger partial charge in [0.25, 0.3) is 0 Å². The Labute approximate surface area is 135 Å². The third kappa shape index (κ3) is 3.02. The molecule has 0 unspecified atom stereocenters. The van der Waals surface area contributed by atoms with Gasteiger partial charge in [0.1, 0.15) is 29.1 Å². The summed E-state index contributed by atoms with van der Waals surface area (Å²) >= 11 is 0. The maximum atomic E-state index is 9.51. The Morgan fingerprint density at radius 2 is 1.74 bits per heavy atom. The Hall–Kier alpha value is -3.25. The third-order valence-electron chi connectivity index (χ3n) is 3.37. The maximum absolute atomic E-state index is 9.51. The highest BCUT2D eigenvalue weighted by Gasteiger charge is 2.21. The lowest BCUT2D eigenvalue weighted by Gasteiger charge is -2.15. The van der Waals surface area contributed by atoms with Crippen molar-refractivity contribution in [2.45, 2.75) is 6.92 Å². The summed E-state index contributed by atoms with van der Waals surface area (Å²) in [6.07, 6.45) is 0. The van der Waals surface area contributed by atoms with E-state index in [1.807, 2.05) is 49.3 Å². The van der Waals surface area contributed by atoms with E-state index >= 15 is 0 Å². The van der Waals surface area contributed by atoms with Crippen LogP contribution in [0.3, 0.4) is 0 Å². The molecule has 1 aromatic heterocycles. The van der Waals surface area contributed by atoms with Crippen molar-refractivity contribution in [2.75, 3.05) is 31.3 Å². The molecule has 0 amide bonds. The summed E-state index contributed by atoms with van der Waals surface area (Å²) in [4.78, 5) is 6.00. The summed E-state index contributed by atoms with van der Waals surface area (Å²) in [5.74, 6) is 0.208. The number of pyridine rings is 1. The van der Waals surface area contributed by atoms with E-state index < -0.39 is 0 Å². The number of anilines is 2. The highest BCUT2D eigenvalue weighted by Crippen LogP contribution is 2.35. The molecule has 0 aliphatic carbocycles. The monoisotopic (exact) mass is 307 g/mol. The molecule has 0 saturated heterocycles. The molecule has 6 nitrogen and oxygen atoms in total. The van der Waals surface area contributed by atoms with Crippen LogP contribution in [0.1, 0.15) is 18.1 Å². The van der Waals surface area contributed by atoms with Crippen LogP contribution < -0.4 is 15.4 Å². The van der Waals surface area contributed by atoms with Crippen LogP contribution in [-0.2, 0) is 0 Å². The number of rotatable bonds is 4. The van der Waals surface area contributed by atoms with Crippen molar-refractivity contribution in [3.63, 3.8) is 0 Å². The number of hydrogen-bond donors (Lipinski definition) is 1. The molecule has 0 fully saturated rings. The lowest BCUT2D eigenvalue weighted by Crippen LogP contribution is -2.08. The summed E-state index contributed by atoms with van der Waals surface area (Å²) in [5.41, 5.74) is 8.46. The fourth-order valence-corrected chi connectivity index (χ4v) is 2.25. The molecule has 2 aromatic rings. The Kier molecular flexibility index (Phi) is 4.68. The van der Waals surface area contributed by atoms with Crippen molar-refractivity contribution in [2.24, 2.45) is 0 Å². The number of benzene rings is 1. The number of nitriles is 2. The zero-order chi connectivity index (χ0) is 17.0. The smallest absolute Gasteiger partial charge is 0.234 e. The highest BCUT2D eigenvalue weighted by molar-refractivity contribution is 5.83. The number of nitrogens with two attached hydrogens (primary N) is 1. The van der Waals surface area contributed by atoms with Gasteiger partial charge in [-0.3, -0.25) is 0 Å². The average Bonchev–Trinajstić information content (AvgIpc) is 2.54. The minimum atomic E-state index is 0.0571. The van der Waals surface area contributed by atoms with Crippen LogP contribution in [-0.4, -0.2) is 25.7 Å². The van der Waals surface area contributed by atoms with Crippen LogP contribution in [0, 0.1) is 22.7 Å². The van der Waals surface area contributed by atoms with Crippen LogP contribution in [0.2, 0.25) is 0 Å². The average molecular weight is 307 g/mol. The van der Waals surface area contributed by atoms with Crippen LogP contribution in [0.25, 0.3) is 11.1 Å². The Bertz CT molecular complexity index is 798. The van der Waals surface area contributed by atoms with Gasteiger partial charge in [0.05, 0.1) is 6.61 Å². The molecule has 0 saturated carbocycles. The van der Waals surface area contributed by atoms with E-state index in [2.05, 4.69) is 11.1 Å². The molecule has 1 heterocycles. The largest absolute Gasteiger partial charge is 0.477 e. The normalized spacial score (nSPS) is 9.78. The molecule has 23 heavy (non-hydrogen) atoms. The topological polar surface area (TPSA) is 99.0 Å². The summed E-state index contributed by atoms with van der Waals surface area (Å²) in [5, 5.41) is 18.9. The van der Waals surface area contributed by atoms with Crippen molar-refractivity contribution in [3.8, 4) is 29.1 Å². The number of aromatic nitrogens is 1. The van der Waals surface area contributed by atoms with Crippen molar-refractivity contribution in [3.05, 3.63) is 35.4 Å². The first-order valence-electron chi connectivity index (χ1n) is 7.07. The molecule has 0 spiro atoms. The van der Waals surface area contributed by atoms with E-state index in [9.17, 15) is 10.5 Å². The van der Waals surface area contributed by atoms with Crippen LogP contribution in [0.5, 0.6) is 5.88 Å². The Morgan fingerprint density at radius 1 is 1.13 bits per heavy atom. The van der Waals surface area contributed by atoms with Gasteiger partial charge in [0.2, 0.25) is 5.88 Å². The first kappa shape index (κ1) is 16.1. The van der Waals surface area contributed by atoms with Gasteiger partial charge in [-0.15, -0.1) is 0 Å². The van der Waals surface area contributed by atoms with Gasteiger partial charge in [0, 0.05) is 25.3 Å². The summed E-state index contributed by atoms with van der Waals surface area (Å²) in [6.45, 7) is 2.15. The number of hydrogen-bond acceptors (Lipinski definition) is 6. The molecule has 2 N–H and O–H groups in total. The molecular weight excluding hydrogens is 290 g/mol. The van der Waals surface area contributed by atoms with E-state index in [0.717, 1.165) is 11.3 Å². The summed E-state index contributed by atoms with van der Waals surface area (Å²) in [6, 6.07) is 11.6. The molecule has 0 radical (unpaired) electrons. The summed E-state index contributed by atoms with van der Waals surface area (Å²) in [7, 11) is 3.88. The third-order valence-corrected chi connectivity index (χ3v) is 3.37. The van der Waals surface area contributed by atoms with E-state index in [0.29, 0.717) is 12.2 Å². The predicted molar refractivity (Wildman–Crippen MR) is 89.0 cm³/mol. The van der Waals surface area contributed by atoms with Crippen molar-refractivity contribution >= 4 is 11.5 Å². The fraction of sp³-hybridized carbons (Fsp3) is 0.235. The van der Waals surface area contributed by atoms with E-state index in [4.69, 9.17) is 10.5 Å². The van der Waals surface area contributed by atoms with Gasteiger partial charge in [-0.1, -0.05) is 12.1 Å². The Morgan fingerprint density at radius 3 is 2.22 bits per heavy atom. The molecule has 0 atom stereocenters. The quantitative estimate of drug-likeness (QED) is 0.931. The van der Waals surface area contributed by atoms with Crippen molar-refractivity contribution in [1.82, 2.24) is 4.98 Å². The predicted octanol–water partition coefficient (Wildman–Crippen LogP) is 2.54. The second-order valence-corrected chi connectivity index (χ2v) is 5.03. The number of nitrogens with zero attached hydrogens (tertiary/aromatic N) is 4. The van der Waals surface area contributed by atoms with Crippen molar-refractivity contribution in [1.29, 1.82) is 10.5 Å². The van der Waals surface area contributed by atoms with Gasteiger partial charge < -0.3 is 15.4 Å². The standard InChI is InChI=1S/C17H17N5O/c1-4-23-17-14(10-19)15(13(9-18)16(20)21-17)11-5-7-12(8-6-11)22(2)3/h5-8H,4H2,1-3H3,(H2,20,21). The summed E-state index contributed by atoms with van der Waals surface area (Å²) < 4.78 is 5.40. The zero-order valence-electron chi connectivity index (χ0n) is 13.3. The molecule has 116 valence electrons. The molecule has 0 aliphatic rings. The zero-order valence-corrected chi connectivity index (χ0v) is 13.3. The fourth-order valence-electron chi connectivity index (χ4n) is 2.25.